The van der Waals surface area contributed by atoms with Gasteiger partial charge in [0.1, 0.15) is 5.56 Å². The van der Waals surface area contributed by atoms with E-state index in [1.807, 2.05) is 6.07 Å². The van der Waals surface area contributed by atoms with Crippen LogP contribution in [0.3, 0.4) is 0 Å². The average molecular weight is 311 g/mol. The Balaban J connectivity index is 2.11. The number of carboxylic acid groups (broad SMARTS) is 1. The molecule has 1 fully saturated rings. The van der Waals surface area contributed by atoms with Crippen LogP contribution in [0.4, 0.5) is 0 Å². The molecular weight excluding hydrogens is 290 g/mol. The Hall–Kier alpha value is -2.10. The summed E-state index contributed by atoms with van der Waals surface area (Å²) in [7, 11) is 0. The maximum Gasteiger partial charge on any atom is 0.341 e. The van der Waals surface area contributed by atoms with Crippen LogP contribution in [0.25, 0.3) is 10.9 Å². The molecule has 4 heteroatoms. The van der Waals surface area contributed by atoms with Crippen LogP contribution in [-0.2, 0) is 0 Å². The van der Waals surface area contributed by atoms with E-state index in [0.29, 0.717) is 23.3 Å². The standard InChI is InChI=1S/C19H21NO3/c1-10(2)11-7-13-12-5-3-4-6-16(12)20-9-15(19(22)23)18(21)14(8-11)17(13)20/h7-10,12,16H,3-6H2,1-2H3,(H,22,23). The van der Waals surface area contributed by atoms with Crippen molar-refractivity contribution in [2.45, 2.75) is 57.4 Å². The molecule has 1 saturated carbocycles. The molecule has 2 aliphatic rings. The molecule has 1 aromatic carbocycles. The number of fused-ring (bicyclic) bond motifs is 3. The van der Waals surface area contributed by atoms with Crippen molar-refractivity contribution in [3.63, 3.8) is 0 Å². The fourth-order valence-corrected chi connectivity index (χ4v) is 4.39. The molecule has 0 spiro atoms. The first-order chi connectivity index (χ1) is 11.0. The smallest absolute Gasteiger partial charge is 0.341 e. The summed E-state index contributed by atoms with van der Waals surface area (Å²) in [4.78, 5) is 24.2. The minimum atomic E-state index is -1.13. The lowest BCUT2D eigenvalue weighted by Gasteiger charge is -2.27. The van der Waals surface area contributed by atoms with Crippen molar-refractivity contribution in [2.75, 3.05) is 0 Å². The second-order valence-electron chi connectivity index (χ2n) is 7.20. The number of rotatable bonds is 2. The number of carbonyl (C=O) groups is 1. The van der Waals surface area contributed by atoms with Gasteiger partial charge in [-0.3, -0.25) is 4.79 Å². The van der Waals surface area contributed by atoms with Gasteiger partial charge in [-0.2, -0.15) is 0 Å². The Morgan fingerprint density at radius 1 is 1.26 bits per heavy atom. The van der Waals surface area contributed by atoms with Crippen LogP contribution in [0.2, 0.25) is 0 Å². The van der Waals surface area contributed by atoms with E-state index in [1.165, 1.54) is 18.4 Å². The minimum absolute atomic E-state index is 0.101. The van der Waals surface area contributed by atoms with Gasteiger partial charge in [0.15, 0.2) is 0 Å². The third-order valence-electron chi connectivity index (χ3n) is 5.56. The second kappa shape index (κ2) is 4.95. The molecule has 23 heavy (non-hydrogen) atoms. The maximum absolute atomic E-state index is 12.7. The number of carboxylic acids is 1. The SMILES string of the molecule is CC(C)c1cc2c3c(c1)c(=O)c(C(=O)O)cn3C1CCCCC21. The molecule has 1 N–H and O–H groups in total. The lowest BCUT2D eigenvalue weighted by Crippen LogP contribution is -2.20. The molecule has 2 atom stereocenters. The van der Waals surface area contributed by atoms with Gasteiger partial charge in [0.2, 0.25) is 5.43 Å². The summed E-state index contributed by atoms with van der Waals surface area (Å²) >= 11 is 0. The van der Waals surface area contributed by atoms with Crippen LogP contribution in [0.5, 0.6) is 0 Å². The zero-order valence-electron chi connectivity index (χ0n) is 13.5. The van der Waals surface area contributed by atoms with Crippen LogP contribution in [-0.4, -0.2) is 15.6 Å². The summed E-state index contributed by atoms with van der Waals surface area (Å²) in [5, 5.41) is 10.0. The van der Waals surface area contributed by atoms with Crippen molar-refractivity contribution in [1.82, 2.24) is 4.57 Å². The van der Waals surface area contributed by atoms with Crippen LogP contribution in [0.15, 0.2) is 23.1 Å². The van der Waals surface area contributed by atoms with Crippen LogP contribution in [0.1, 0.15) is 78.9 Å². The molecule has 0 radical (unpaired) electrons. The molecule has 4 nitrogen and oxygen atoms in total. The first kappa shape index (κ1) is 14.5. The number of pyridine rings is 1. The molecule has 120 valence electrons. The maximum atomic E-state index is 12.7. The van der Waals surface area contributed by atoms with Crippen molar-refractivity contribution in [1.29, 1.82) is 0 Å². The Kier molecular flexibility index (Phi) is 3.12. The lowest BCUT2D eigenvalue weighted by molar-refractivity contribution is 0.0694. The average Bonchev–Trinajstić information content (AvgIpc) is 2.85. The zero-order chi connectivity index (χ0) is 16.3. The number of nitrogens with zero attached hydrogens (tertiary/aromatic N) is 1. The van der Waals surface area contributed by atoms with Crippen molar-refractivity contribution in [3.8, 4) is 0 Å². The Morgan fingerprint density at radius 2 is 2.00 bits per heavy atom. The molecule has 1 aliphatic heterocycles. The number of aromatic nitrogens is 1. The van der Waals surface area contributed by atoms with Gasteiger partial charge >= 0.3 is 5.97 Å². The van der Waals surface area contributed by atoms with Gasteiger partial charge in [-0.1, -0.05) is 32.8 Å². The summed E-state index contributed by atoms with van der Waals surface area (Å²) < 4.78 is 2.09. The van der Waals surface area contributed by atoms with Gasteiger partial charge in [-0.15, -0.1) is 0 Å². The van der Waals surface area contributed by atoms with E-state index in [-0.39, 0.29) is 11.0 Å². The van der Waals surface area contributed by atoms with Gasteiger partial charge in [-0.25, -0.2) is 4.79 Å². The van der Waals surface area contributed by atoms with E-state index >= 15 is 0 Å². The molecule has 2 unspecified atom stereocenters. The number of hydrogen-bond acceptors (Lipinski definition) is 2. The number of benzene rings is 1. The van der Waals surface area contributed by atoms with E-state index < -0.39 is 5.97 Å². The van der Waals surface area contributed by atoms with Crippen molar-refractivity contribution < 1.29 is 9.90 Å². The quantitative estimate of drug-likeness (QED) is 0.910. The Labute approximate surface area is 134 Å². The summed E-state index contributed by atoms with van der Waals surface area (Å²) in [5.74, 6) is -0.385. The molecule has 0 bridgehead atoms. The van der Waals surface area contributed by atoms with Gasteiger partial charge < -0.3 is 9.67 Å². The predicted molar refractivity (Wildman–Crippen MR) is 89.5 cm³/mol. The highest BCUT2D eigenvalue weighted by Gasteiger charge is 2.37. The highest BCUT2D eigenvalue weighted by Crippen LogP contribution is 2.49. The first-order valence-electron chi connectivity index (χ1n) is 8.45. The third kappa shape index (κ3) is 1.97. The zero-order valence-corrected chi connectivity index (χ0v) is 13.5. The molecular formula is C19H21NO3. The first-order valence-corrected chi connectivity index (χ1v) is 8.45. The minimum Gasteiger partial charge on any atom is -0.477 e. The number of hydrogen-bond donors (Lipinski definition) is 1. The lowest BCUT2D eigenvalue weighted by atomic mass is 9.81. The highest BCUT2D eigenvalue weighted by atomic mass is 16.4. The van der Waals surface area contributed by atoms with E-state index in [2.05, 4.69) is 24.5 Å². The molecule has 2 aromatic rings. The Morgan fingerprint density at radius 3 is 2.70 bits per heavy atom. The van der Waals surface area contributed by atoms with E-state index in [1.54, 1.807) is 6.20 Å². The van der Waals surface area contributed by atoms with Crippen molar-refractivity contribution in [3.05, 3.63) is 45.2 Å². The Bertz CT molecular complexity index is 878. The molecule has 0 amide bonds. The molecule has 2 heterocycles. The predicted octanol–water partition coefficient (Wildman–Crippen LogP) is 4.04. The monoisotopic (exact) mass is 311 g/mol. The van der Waals surface area contributed by atoms with Crippen LogP contribution in [0, 0.1) is 0 Å². The largest absolute Gasteiger partial charge is 0.477 e. The normalized spacial score (nSPS) is 22.6. The summed E-state index contributed by atoms with van der Waals surface area (Å²) in [6.07, 6.45) is 6.15. The van der Waals surface area contributed by atoms with Gasteiger partial charge in [0, 0.05) is 23.5 Å². The summed E-state index contributed by atoms with van der Waals surface area (Å²) in [6.45, 7) is 4.22. The molecule has 1 aromatic heterocycles. The molecule has 4 rings (SSSR count). The van der Waals surface area contributed by atoms with Crippen LogP contribution >= 0.6 is 0 Å². The van der Waals surface area contributed by atoms with E-state index in [0.717, 1.165) is 23.9 Å². The van der Waals surface area contributed by atoms with Crippen molar-refractivity contribution in [2.24, 2.45) is 0 Å². The van der Waals surface area contributed by atoms with Crippen LogP contribution < -0.4 is 5.43 Å². The van der Waals surface area contributed by atoms with Gasteiger partial charge in [0.05, 0.1) is 5.52 Å². The summed E-state index contributed by atoms with van der Waals surface area (Å²) in [6, 6.07) is 4.47. The van der Waals surface area contributed by atoms with Crippen molar-refractivity contribution >= 4 is 16.9 Å². The molecule has 1 aliphatic carbocycles. The van der Waals surface area contributed by atoms with Gasteiger partial charge in [-0.05, 0) is 36.0 Å². The van der Waals surface area contributed by atoms with Gasteiger partial charge in [0.25, 0.3) is 0 Å². The van der Waals surface area contributed by atoms with E-state index in [9.17, 15) is 14.7 Å². The fourth-order valence-electron chi connectivity index (χ4n) is 4.39. The topological polar surface area (TPSA) is 59.3 Å². The van der Waals surface area contributed by atoms with E-state index in [4.69, 9.17) is 0 Å². The number of aromatic carboxylic acids is 1. The summed E-state index contributed by atoms with van der Waals surface area (Å²) in [5.41, 5.74) is 2.91. The third-order valence-corrected chi connectivity index (χ3v) is 5.56. The fraction of sp³-hybridized carbons (Fsp3) is 0.474. The second-order valence-corrected chi connectivity index (χ2v) is 7.20. The highest BCUT2D eigenvalue weighted by molar-refractivity contribution is 5.94. The molecule has 0 saturated heterocycles.